The molecule has 0 radical (unpaired) electrons. The maximum absolute atomic E-state index is 12.0. The third kappa shape index (κ3) is 2.39. The maximum atomic E-state index is 12.0. The minimum absolute atomic E-state index is 0.0804. The van der Waals surface area contributed by atoms with E-state index in [0.717, 1.165) is 6.42 Å². The fourth-order valence-corrected chi connectivity index (χ4v) is 3.34. The molecule has 1 aromatic rings. The van der Waals surface area contributed by atoms with Gasteiger partial charge in [0.15, 0.2) is 0 Å². The Kier molecular flexibility index (Phi) is 3.41. The number of fused-ring (bicyclic) bond motifs is 1. The van der Waals surface area contributed by atoms with Crippen molar-refractivity contribution in [1.82, 2.24) is 0 Å². The van der Waals surface area contributed by atoms with Crippen LogP contribution < -0.4 is 0 Å². The summed E-state index contributed by atoms with van der Waals surface area (Å²) >= 11 is 0. The summed E-state index contributed by atoms with van der Waals surface area (Å²) in [5, 5.41) is 0. The smallest absolute Gasteiger partial charge is 0.333 e. The van der Waals surface area contributed by atoms with Gasteiger partial charge >= 0.3 is 5.97 Å². The van der Waals surface area contributed by atoms with E-state index in [1.54, 1.807) is 6.92 Å². The molecule has 0 aliphatic heterocycles. The Hall–Kier alpha value is -1.57. The fourth-order valence-electron chi connectivity index (χ4n) is 3.34. The third-order valence-electron chi connectivity index (χ3n) is 4.73. The summed E-state index contributed by atoms with van der Waals surface area (Å²) in [6.07, 6.45) is 7.01. The number of rotatable bonds is 2. The number of hydrogen-bond acceptors (Lipinski definition) is 2. The highest BCUT2D eigenvalue weighted by Gasteiger charge is 2.52. The van der Waals surface area contributed by atoms with Crippen LogP contribution in [0.15, 0.2) is 36.4 Å². The monoisotopic (exact) mass is 270 g/mol. The van der Waals surface area contributed by atoms with Gasteiger partial charge in [-0.1, -0.05) is 37.3 Å². The Labute approximate surface area is 120 Å². The zero-order chi connectivity index (χ0) is 14.2. The van der Waals surface area contributed by atoms with E-state index >= 15 is 0 Å². The van der Waals surface area contributed by atoms with E-state index in [9.17, 15) is 4.79 Å². The SMILES string of the molecule is C=C(C)C(=O)OC1c2ccccc2CCCCC12CC2. The van der Waals surface area contributed by atoms with Gasteiger partial charge in [-0.05, 0) is 50.2 Å². The van der Waals surface area contributed by atoms with Crippen molar-refractivity contribution in [1.29, 1.82) is 0 Å². The lowest BCUT2D eigenvalue weighted by Crippen LogP contribution is -2.24. The van der Waals surface area contributed by atoms with Crippen LogP contribution in [0.1, 0.15) is 56.3 Å². The van der Waals surface area contributed by atoms with Crippen LogP contribution in [0, 0.1) is 5.41 Å². The molecule has 2 nitrogen and oxygen atoms in total. The molecule has 0 bridgehead atoms. The minimum Gasteiger partial charge on any atom is -0.454 e. The van der Waals surface area contributed by atoms with Crippen LogP contribution in [0.4, 0.5) is 0 Å². The van der Waals surface area contributed by atoms with Crippen molar-refractivity contribution < 1.29 is 9.53 Å². The second-order valence-electron chi connectivity index (χ2n) is 6.33. The van der Waals surface area contributed by atoms with Gasteiger partial charge in [-0.15, -0.1) is 0 Å². The molecule has 20 heavy (non-hydrogen) atoms. The summed E-state index contributed by atoms with van der Waals surface area (Å²) in [6.45, 7) is 5.43. The molecular formula is C18H22O2. The highest BCUT2D eigenvalue weighted by Crippen LogP contribution is 2.61. The van der Waals surface area contributed by atoms with Crippen molar-refractivity contribution in [2.45, 2.75) is 51.6 Å². The van der Waals surface area contributed by atoms with Gasteiger partial charge in [0.25, 0.3) is 0 Å². The lowest BCUT2D eigenvalue weighted by atomic mass is 9.82. The van der Waals surface area contributed by atoms with Gasteiger partial charge < -0.3 is 4.74 Å². The molecule has 0 saturated heterocycles. The predicted molar refractivity (Wildman–Crippen MR) is 79.3 cm³/mol. The minimum atomic E-state index is -0.253. The van der Waals surface area contributed by atoms with E-state index in [-0.39, 0.29) is 17.5 Å². The van der Waals surface area contributed by atoms with Crippen molar-refractivity contribution in [3.05, 3.63) is 47.5 Å². The number of benzene rings is 1. The zero-order valence-corrected chi connectivity index (χ0v) is 12.2. The van der Waals surface area contributed by atoms with Crippen LogP contribution >= 0.6 is 0 Å². The quantitative estimate of drug-likeness (QED) is 0.590. The van der Waals surface area contributed by atoms with Crippen molar-refractivity contribution in [3.8, 4) is 0 Å². The Morgan fingerprint density at radius 3 is 2.70 bits per heavy atom. The molecular weight excluding hydrogens is 248 g/mol. The average molecular weight is 270 g/mol. The summed E-state index contributed by atoms with van der Waals surface area (Å²) in [5.74, 6) is -0.253. The molecule has 0 heterocycles. The van der Waals surface area contributed by atoms with Gasteiger partial charge in [-0.3, -0.25) is 0 Å². The van der Waals surface area contributed by atoms with E-state index < -0.39 is 0 Å². The number of carbonyl (C=O) groups is 1. The molecule has 0 N–H and O–H groups in total. The highest BCUT2D eigenvalue weighted by atomic mass is 16.5. The lowest BCUT2D eigenvalue weighted by molar-refractivity contribution is -0.149. The van der Waals surface area contributed by atoms with Gasteiger partial charge in [0, 0.05) is 11.0 Å². The number of esters is 1. The Balaban J connectivity index is 1.98. The van der Waals surface area contributed by atoms with Crippen molar-refractivity contribution >= 4 is 5.97 Å². The molecule has 2 aliphatic rings. The topological polar surface area (TPSA) is 26.3 Å². The normalized spacial score (nSPS) is 23.4. The van der Waals surface area contributed by atoms with Crippen LogP contribution in [0.2, 0.25) is 0 Å². The van der Waals surface area contributed by atoms with E-state index in [2.05, 4.69) is 30.8 Å². The van der Waals surface area contributed by atoms with Crippen molar-refractivity contribution in [3.63, 3.8) is 0 Å². The van der Waals surface area contributed by atoms with E-state index in [4.69, 9.17) is 4.74 Å². The molecule has 1 aromatic carbocycles. The third-order valence-corrected chi connectivity index (χ3v) is 4.73. The van der Waals surface area contributed by atoms with Crippen LogP contribution in [0.25, 0.3) is 0 Å². The highest BCUT2D eigenvalue weighted by molar-refractivity contribution is 5.87. The number of ether oxygens (including phenoxy) is 1. The van der Waals surface area contributed by atoms with Crippen LogP contribution in [-0.2, 0) is 16.0 Å². The predicted octanol–water partition coefficient (Wildman–Crippen LogP) is 4.35. The number of carbonyl (C=O) groups excluding carboxylic acids is 1. The molecule has 0 aromatic heterocycles. The summed E-state index contributed by atoms with van der Waals surface area (Å²) in [6, 6.07) is 8.45. The first-order valence-electron chi connectivity index (χ1n) is 7.57. The molecule has 2 heteroatoms. The van der Waals surface area contributed by atoms with Crippen LogP contribution in [-0.4, -0.2) is 5.97 Å². The largest absolute Gasteiger partial charge is 0.454 e. The summed E-state index contributed by atoms with van der Waals surface area (Å²) in [5.41, 5.74) is 3.25. The second-order valence-corrected chi connectivity index (χ2v) is 6.33. The van der Waals surface area contributed by atoms with E-state index in [0.29, 0.717) is 5.57 Å². The van der Waals surface area contributed by atoms with Gasteiger partial charge in [0.1, 0.15) is 6.10 Å². The molecule has 1 unspecified atom stereocenters. The molecule has 1 saturated carbocycles. The Morgan fingerprint density at radius 2 is 2.00 bits per heavy atom. The molecule has 0 amide bonds. The molecule has 1 spiro atoms. The van der Waals surface area contributed by atoms with Gasteiger partial charge in [-0.25, -0.2) is 4.79 Å². The molecule has 1 atom stereocenters. The molecule has 3 rings (SSSR count). The Bertz CT molecular complexity index is 540. The summed E-state index contributed by atoms with van der Waals surface area (Å²) < 4.78 is 5.85. The van der Waals surface area contributed by atoms with Crippen molar-refractivity contribution in [2.24, 2.45) is 5.41 Å². The van der Waals surface area contributed by atoms with E-state index in [1.807, 2.05) is 0 Å². The van der Waals surface area contributed by atoms with Gasteiger partial charge in [-0.2, -0.15) is 0 Å². The number of hydrogen-bond donors (Lipinski definition) is 0. The second kappa shape index (κ2) is 5.08. The van der Waals surface area contributed by atoms with Crippen LogP contribution in [0.5, 0.6) is 0 Å². The Morgan fingerprint density at radius 1 is 1.25 bits per heavy atom. The first kappa shape index (κ1) is 13.4. The van der Waals surface area contributed by atoms with Gasteiger partial charge in [0.2, 0.25) is 0 Å². The summed E-state index contributed by atoms with van der Waals surface area (Å²) in [7, 11) is 0. The molecule has 1 fully saturated rings. The van der Waals surface area contributed by atoms with Gasteiger partial charge in [0.05, 0.1) is 0 Å². The van der Waals surface area contributed by atoms with Crippen molar-refractivity contribution in [2.75, 3.05) is 0 Å². The average Bonchev–Trinajstić information content (AvgIpc) is 3.21. The fraction of sp³-hybridized carbons (Fsp3) is 0.500. The summed E-state index contributed by atoms with van der Waals surface area (Å²) in [4.78, 5) is 12.0. The standard InChI is InChI=1S/C18H22O2/c1-13(2)17(19)20-16-15-9-4-3-7-14(15)8-5-6-10-18(16)11-12-18/h3-4,7,9,16H,1,5-6,8,10-12H2,2H3. The molecule has 2 aliphatic carbocycles. The first-order chi connectivity index (χ1) is 9.62. The maximum Gasteiger partial charge on any atom is 0.333 e. The lowest BCUT2D eigenvalue weighted by Gasteiger charge is -2.31. The first-order valence-corrected chi connectivity index (χ1v) is 7.57. The zero-order valence-electron chi connectivity index (χ0n) is 12.2. The number of aryl methyl sites for hydroxylation is 1. The van der Waals surface area contributed by atoms with E-state index in [1.165, 1.54) is 43.2 Å². The molecule has 106 valence electrons. The van der Waals surface area contributed by atoms with Crippen LogP contribution in [0.3, 0.4) is 0 Å².